The fourth-order valence-corrected chi connectivity index (χ4v) is 2.64. The summed E-state index contributed by atoms with van der Waals surface area (Å²) in [5.41, 5.74) is 1.69. The molecule has 0 aromatic heterocycles. The number of piperidine rings is 1. The molecule has 1 aliphatic heterocycles. The largest absolute Gasteiger partial charge is 0.495 e. The molecule has 1 aliphatic rings. The van der Waals surface area contributed by atoms with Crippen LogP contribution in [0, 0.1) is 12.8 Å². The number of aryl methyl sites for hydroxylation is 1. The highest BCUT2D eigenvalue weighted by Crippen LogP contribution is 2.27. The minimum atomic E-state index is -0.384. The quantitative estimate of drug-likeness (QED) is 0.931. The molecule has 1 saturated heterocycles. The van der Waals surface area contributed by atoms with Gasteiger partial charge in [-0.25, -0.2) is 4.79 Å². The van der Waals surface area contributed by atoms with E-state index in [2.05, 4.69) is 5.32 Å². The maximum absolute atomic E-state index is 12.5. The van der Waals surface area contributed by atoms with Gasteiger partial charge in [-0.1, -0.05) is 6.07 Å². The van der Waals surface area contributed by atoms with E-state index in [0.29, 0.717) is 24.5 Å². The van der Waals surface area contributed by atoms with Crippen molar-refractivity contribution in [3.8, 4) is 5.75 Å². The van der Waals surface area contributed by atoms with E-state index in [1.54, 1.807) is 12.0 Å². The zero-order valence-corrected chi connectivity index (χ0v) is 13.2. The molecule has 1 aromatic carbocycles. The summed E-state index contributed by atoms with van der Waals surface area (Å²) in [6.45, 7) is 2.96. The number of benzene rings is 1. The predicted octanol–water partition coefficient (Wildman–Crippen LogP) is 2.42. The molecule has 1 unspecified atom stereocenters. The third kappa shape index (κ3) is 3.69. The van der Waals surface area contributed by atoms with Crippen LogP contribution in [0.3, 0.4) is 0 Å². The van der Waals surface area contributed by atoms with E-state index in [1.807, 2.05) is 25.1 Å². The van der Waals surface area contributed by atoms with E-state index >= 15 is 0 Å². The SMILES string of the molecule is COC(=O)N1CCCC(C(=O)Nc2cc(C)ccc2OC)C1. The first kappa shape index (κ1) is 16.1. The van der Waals surface area contributed by atoms with Gasteiger partial charge in [0.15, 0.2) is 0 Å². The van der Waals surface area contributed by atoms with Crippen LogP contribution in [0.15, 0.2) is 18.2 Å². The molecule has 6 nitrogen and oxygen atoms in total. The van der Waals surface area contributed by atoms with E-state index in [-0.39, 0.29) is 17.9 Å². The molecule has 2 amide bonds. The van der Waals surface area contributed by atoms with Crippen LogP contribution in [0.1, 0.15) is 18.4 Å². The van der Waals surface area contributed by atoms with Gasteiger partial charge >= 0.3 is 6.09 Å². The van der Waals surface area contributed by atoms with Crippen LogP contribution in [0.2, 0.25) is 0 Å². The Bertz CT molecular complexity index is 559. The second kappa shape index (κ2) is 7.15. The molecule has 1 heterocycles. The lowest BCUT2D eigenvalue weighted by atomic mass is 9.97. The molecule has 0 spiro atoms. The van der Waals surface area contributed by atoms with Gasteiger partial charge in [0.25, 0.3) is 0 Å². The molecule has 1 N–H and O–H groups in total. The van der Waals surface area contributed by atoms with Crippen molar-refractivity contribution in [1.82, 2.24) is 4.90 Å². The average Bonchev–Trinajstić information content (AvgIpc) is 2.54. The van der Waals surface area contributed by atoms with Crippen LogP contribution in [0.4, 0.5) is 10.5 Å². The first-order valence-electron chi connectivity index (χ1n) is 7.33. The van der Waals surface area contributed by atoms with Gasteiger partial charge in [0, 0.05) is 13.1 Å². The predicted molar refractivity (Wildman–Crippen MR) is 83.1 cm³/mol. The number of rotatable bonds is 3. The highest BCUT2D eigenvalue weighted by Gasteiger charge is 2.29. The van der Waals surface area contributed by atoms with Gasteiger partial charge in [0.2, 0.25) is 5.91 Å². The molecule has 0 bridgehead atoms. The van der Waals surface area contributed by atoms with Gasteiger partial charge in [-0.3, -0.25) is 4.79 Å². The lowest BCUT2D eigenvalue weighted by Crippen LogP contribution is -2.43. The molecule has 1 fully saturated rings. The fourth-order valence-electron chi connectivity index (χ4n) is 2.64. The van der Waals surface area contributed by atoms with Crippen molar-refractivity contribution < 1.29 is 19.1 Å². The molecular weight excluding hydrogens is 284 g/mol. The van der Waals surface area contributed by atoms with E-state index < -0.39 is 0 Å². The van der Waals surface area contributed by atoms with Gasteiger partial charge < -0.3 is 19.7 Å². The summed E-state index contributed by atoms with van der Waals surface area (Å²) in [5.74, 6) is 0.287. The summed E-state index contributed by atoms with van der Waals surface area (Å²) in [6, 6.07) is 5.62. The summed E-state index contributed by atoms with van der Waals surface area (Å²) < 4.78 is 9.99. The van der Waals surface area contributed by atoms with Crippen molar-refractivity contribution in [2.45, 2.75) is 19.8 Å². The smallest absolute Gasteiger partial charge is 0.409 e. The number of ether oxygens (including phenoxy) is 2. The normalized spacial score (nSPS) is 17.8. The van der Waals surface area contributed by atoms with Crippen LogP contribution in [-0.2, 0) is 9.53 Å². The molecule has 1 atom stereocenters. The fraction of sp³-hybridized carbons (Fsp3) is 0.500. The number of nitrogens with zero attached hydrogens (tertiary/aromatic N) is 1. The van der Waals surface area contributed by atoms with Crippen LogP contribution >= 0.6 is 0 Å². The van der Waals surface area contributed by atoms with Gasteiger partial charge in [0.1, 0.15) is 5.75 Å². The van der Waals surface area contributed by atoms with Crippen molar-refractivity contribution in [3.63, 3.8) is 0 Å². The third-order valence-corrected chi connectivity index (χ3v) is 3.84. The number of amides is 2. The summed E-state index contributed by atoms with van der Waals surface area (Å²) in [4.78, 5) is 25.6. The number of methoxy groups -OCH3 is 2. The van der Waals surface area contributed by atoms with E-state index in [1.165, 1.54) is 7.11 Å². The lowest BCUT2D eigenvalue weighted by Gasteiger charge is -2.31. The second-order valence-electron chi connectivity index (χ2n) is 5.45. The maximum atomic E-state index is 12.5. The van der Waals surface area contributed by atoms with Gasteiger partial charge in [0.05, 0.1) is 25.8 Å². The van der Waals surface area contributed by atoms with Crippen LogP contribution < -0.4 is 10.1 Å². The van der Waals surface area contributed by atoms with Crippen molar-refractivity contribution in [3.05, 3.63) is 23.8 Å². The summed E-state index contributed by atoms with van der Waals surface area (Å²) >= 11 is 0. The minimum absolute atomic E-state index is 0.0995. The highest BCUT2D eigenvalue weighted by molar-refractivity contribution is 5.94. The summed E-state index contributed by atoms with van der Waals surface area (Å²) in [5, 5.41) is 2.91. The Morgan fingerprint density at radius 3 is 2.77 bits per heavy atom. The van der Waals surface area contributed by atoms with E-state index in [9.17, 15) is 9.59 Å². The zero-order valence-electron chi connectivity index (χ0n) is 13.2. The number of anilines is 1. The second-order valence-corrected chi connectivity index (χ2v) is 5.45. The van der Waals surface area contributed by atoms with Crippen LogP contribution in [0.25, 0.3) is 0 Å². The number of carbonyl (C=O) groups excluding carboxylic acids is 2. The molecule has 2 rings (SSSR count). The molecule has 1 aromatic rings. The topological polar surface area (TPSA) is 67.9 Å². The Balaban J connectivity index is 2.06. The van der Waals surface area contributed by atoms with Crippen LogP contribution in [-0.4, -0.2) is 44.2 Å². The first-order valence-corrected chi connectivity index (χ1v) is 7.33. The van der Waals surface area contributed by atoms with E-state index in [0.717, 1.165) is 18.4 Å². The Hall–Kier alpha value is -2.24. The van der Waals surface area contributed by atoms with Crippen molar-refractivity contribution in [2.75, 3.05) is 32.6 Å². The number of likely N-dealkylation sites (tertiary alicyclic amines) is 1. The van der Waals surface area contributed by atoms with Crippen molar-refractivity contribution in [2.24, 2.45) is 5.92 Å². The molecule has 0 radical (unpaired) electrons. The van der Waals surface area contributed by atoms with Crippen molar-refractivity contribution >= 4 is 17.7 Å². The Morgan fingerprint density at radius 2 is 2.09 bits per heavy atom. The molecule has 6 heteroatoms. The van der Waals surface area contributed by atoms with Gasteiger partial charge in [-0.15, -0.1) is 0 Å². The molecular formula is C16H22N2O4. The minimum Gasteiger partial charge on any atom is -0.495 e. The number of nitrogens with one attached hydrogen (secondary N) is 1. The maximum Gasteiger partial charge on any atom is 0.409 e. The molecule has 120 valence electrons. The van der Waals surface area contributed by atoms with Gasteiger partial charge in [-0.05, 0) is 37.5 Å². The number of carbonyl (C=O) groups is 2. The zero-order chi connectivity index (χ0) is 16.1. The third-order valence-electron chi connectivity index (χ3n) is 3.84. The molecule has 22 heavy (non-hydrogen) atoms. The van der Waals surface area contributed by atoms with E-state index in [4.69, 9.17) is 9.47 Å². The van der Waals surface area contributed by atoms with Gasteiger partial charge in [-0.2, -0.15) is 0 Å². The Kier molecular flexibility index (Phi) is 5.25. The molecule has 0 aliphatic carbocycles. The standard InChI is InChI=1S/C16H22N2O4/c1-11-6-7-14(21-2)13(9-11)17-15(19)12-5-4-8-18(10-12)16(20)22-3/h6-7,9,12H,4-5,8,10H2,1-3H3,(H,17,19). The number of hydrogen-bond donors (Lipinski definition) is 1. The van der Waals surface area contributed by atoms with Crippen molar-refractivity contribution in [1.29, 1.82) is 0 Å². The highest BCUT2D eigenvalue weighted by atomic mass is 16.5. The summed E-state index contributed by atoms with van der Waals surface area (Å²) in [6.07, 6.45) is 1.16. The average molecular weight is 306 g/mol. The Labute approximate surface area is 130 Å². The summed E-state index contributed by atoms with van der Waals surface area (Å²) in [7, 11) is 2.92. The molecule has 0 saturated carbocycles. The Morgan fingerprint density at radius 1 is 1.32 bits per heavy atom. The lowest BCUT2D eigenvalue weighted by molar-refractivity contribution is -0.121. The number of hydrogen-bond acceptors (Lipinski definition) is 4. The van der Waals surface area contributed by atoms with Crippen LogP contribution in [0.5, 0.6) is 5.75 Å². The first-order chi connectivity index (χ1) is 10.5. The monoisotopic (exact) mass is 306 g/mol.